The second-order valence-corrected chi connectivity index (χ2v) is 8.10. The maximum Gasteiger partial charge on any atom is 0.416 e. The molecule has 1 saturated heterocycles. The van der Waals surface area contributed by atoms with Crippen LogP contribution in [0.2, 0.25) is 0 Å². The van der Waals surface area contributed by atoms with E-state index in [1.54, 1.807) is 0 Å². The maximum absolute atomic E-state index is 13.0. The first-order valence-electron chi connectivity index (χ1n) is 10.2. The zero-order valence-corrected chi connectivity index (χ0v) is 16.2. The predicted molar refractivity (Wildman–Crippen MR) is 107 cm³/mol. The van der Waals surface area contributed by atoms with Crippen LogP contribution in [0.1, 0.15) is 42.7 Å². The van der Waals surface area contributed by atoms with Gasteiger partial charge in [-0.3, -0.25) is 4.40 Å². The van der Waals surface area contributed by atoms with Crippen LogP contribution in [0.4, 0.5) is 19.1 Å². The van der Waals surface area contributed by atoms with Crippen LogP contribution in [-0.4, -0.2) is 38.8 Å². The summed E-state index contributed by atoms with van der Waals surface area (Å²) in [6.07, 6.45) is 1.73. The lowest BCUT2D eigenvalue weighted by Crippen LogP contribution is -2.38. The molecule has 1 aromatic carbocycles. The number of fused-ring (bicyclic) bond motifs is 1. The van der Waals surface area contributed by atoms with Crippen molar-refractivity contribution in [3.63, 3.8) is 0 Å². The number of phenols is 1. The van der Waals surface area contributed by atoms with Gasteiger partial charge in [0.25, 0.3) is 0 Å². The molecule has 3 aromatic rings. The van der Waals surface area contributed by atoms with E-state index < -0.39 is 17.5 Å². The number of aromatic hydroxyl groups is 1. The third kappa shape index (κ3) is 3.58. The Morgan fingerprint density at radius 1 is 1.10 bits per heavy atom. The highest BCUT2D eigenvalue weighted by molar-refractivity contribution is 5.82. The molecule has 0 amide bonds. The van der Waals surface area contributed by atoms with Gasteiger partial charge in [-0.25, -0.2) is 0 Å². The smallest absolute Gasteiger partial charge is 0.416 e. The summed E-state index contributed by atoms with van der Waals surface area (Å²) in [7, 11) is 0. The second-order valence-electron chi connectivity index (χ2n) is 8.10. The normalized spacial score (nSPS) is 19.9. The Morgan fingerprint density at radius 3 is 2.60 bits per heavy atom. The lowest BCUT2D eigenvalue weighted by Gasteiger charge is -2.23. The number of rotatable bonds is 4. The zero-order valence-electron chi connectivity index (χ0n) is 16.2. The Labute approximate surface area is 171 Å². The van der Waals surface area contributed by atoms with Crippen molar-refractivity contribution in [2.75, 3.05) is 18.4 Å². The number of phenolic OH excluding ortho intramolecular Hbond substituents is 1. The fourth-order valence-electron chi connectivity index (χ4n) is 4.04. The molecular weight excluding hydrogens is 395 g/mol. The van der Waals surface area contributed by atoms with Gasteiger partial charge in [0.2, 0.25) is 5.95 Å². The summed E-state index contributed by atoms with van der Waals surface area (Å²) in [5.74, 6) is 0.596. The van der Waals surface area contributed by atoms with Crippen LogP contribution in [0, 0.1) is 0 Å². The van der Waals surface area contributed by atoms with Crippen LogP contribution < -0.4 is 10.6 Å². The molecule has 2 aromatic heterocycles. The van der Waals surface area contributed by atoms with E-state index in [0.29, 0.717) is 28.6 Å². The Balaban J connectivity index is 1.59. The number of hydrogen-bond donors (Lipinski definition) is 3. The van der Waals surface area contributed by atoms with Crippen molar-refractivity contribution in [3.05, 3.63) is 41.6 Å². The number of benzene rings is 1. The maximum atomic E-state index is 13.0. The third-order valence-electron chi connectivity index (χ3n) is 5.82. The Kier molecular flexibility index (Phi) is 4.57. The molecule has 1 aliphatic carbocycles. The summed E-state index contributed by atoms with van der Waals surface area (Å²) in [5, 5.41) is 25.8. The molecule has 0 unspecified atom stereocenters. The molecule has 6 nitrogen and oxygen atoms in total. The van der Waals surface area contributed by atoms with E-state index in [0.717, 1.165) is 56.5 Å². The minimum Gasteiger partial charge on any atom is -0.507 e. The highest BCUT2D eigenvalue weighted by Gasteiger charge is 2.32. The van der Waals surface area contributed by atoms with Crippen molar-refractivity contribution in [3.8, 4) is 16.9 Å². The monoisotopic (exact) mass is 417 g/mol. The lowest BCUT2D eigenvalue weighted by molar-refractivity contribution is -0.137. The summed E-state index contributed by atoms with van der Waals surface area (Å²) >= 11 is 0. The minimum atomic E-state index is -4.51. The molecule has 158 valence electrons. The number of nitrogens with zero attached hydrogens (tertiary/aromatic N) is 3. The number of pyridine rings is 1. The average Bonchev–Trinajstić information content (AvgIpc) is 3.50. The van der Waals surface area contributed by atoms with Crippen LogP contribution in [0.5, 0.6) is 5.75 Å². The number of alkyl halides is 3. The predicted octanol–water partition coefficient (Wildman–Crippen LogP) is 4.16. The lowest BCUT2D eigenvalue weighted by atomic mass is 10.0. The van der Waals surface area contributed by atoms with Crippen LogP contribution in [0.15, 0.2) is 30.5 Å². The molecule has 3 N–H and O–H groups in total. The molecular formula is C21H22F3N5O. The second kappa shape index (κ2) is 7.16. The number of piperidine rings is 1. The van der Waals surface area contributed by atoms with Crippen LogP contribution in [-0.2, 0) is 6.18 Å². The molecule has 2 aliphatic rings. The van der Waals surface area contributed by atoms with Crippen molar-refractivity contribution in [1.29, 1.82) is 0 Å². The fraction of sp³-hybridized carbons (Fsp3) is 0.429. The number of nitrogens with one attached hydrogen (secondary N) is 2. The molecule has 2 fully saturated rings. The first kappa shape index (κ1) is 19.2. The Hall–Kier alpha value is -2.81. The van der Waals surface area contributed by atoms with E-state index in [-0.39, 0.29) is 6.04 Å². The van der Waals surface area contributed by atoms with E-state index in [1.165, 1.54) is 6.07 Å². The zero-order chi connectivity index (χ0) is 20.9. The molecule has 5 rings (SSSR count). The van der Waals surface area contributed by atoms with Crippen molar-refractivity contribution in [2.24, 2.45) is 0 Å². The van der Waals surface area contributed by atoms with Gasteiger partial charge in [0.1, 0.15) is 5.75 Å². The topological polar surface area (TPSA) is 74.5 Å². The van der Waals surface area contributed by atoms with Crippen LogP contribution in [0.3, 0.4) is 0 Å². The van der Waals surface area contributed by atoms with Crippen molar-refractivity contribution in [1.82, 2.24) is 19.9 Å². The van der Waals surface area contributed by atoms with E-state index in [2.05, 4.69) is 20.8 Å². The van der Waals surface area contributed by atoms with E-state index in [9.17, 15) is 18.3 Å². The minimum absolute atomic E-state index is 0.235. The van der Waals surface area contributed by atoms with Crippen molar-refractivity contribution in [2.45, 2.75) is 43.8 Å². The highest BCUT2D eigenvalue weighted by Crippen LogP contribution is 2.44. The van der Waals surface area contributed by atoms with Gasteiger partial charge in [-0.05, 0) is 68.0 Å². The van der Waals surface area contributed by atoms with Gasteiger partial charge >= 0.3 is 6.18 Å². The fourth-order valence-corrected chi connectivity index (χ4v) is 4.04. The summed E-state index contributed by atoms with van der Waals surface area (Å²) in [4.78, 5) is 0. The quantitative estimate of drug-likeness (QED) is 0.594. The van der Waals surface area contributed by atoms with E-state index in [1.807, 2.05) is 16.7 Å². The first-order chi connectivity index (χ1) is 14.4. The number of hydrogen-bond acceptors (Lipinski definition) is 5. The Morgan fingerprint density at radius 2 is 1.93 bits per heavy atom. The SMILES string of the molecule is Oc1cc(C(F)(F)F)ccc1-c1cc(C2CC2)cn2c(N[C@@H]3CCCNC3)nnc12. The first-order valence-corrected chi connectivity index (χ1v) is 10.2. The summed E-state index contributed by atoms with van der Waals surface area (Å²) in [5.41, 5.74) is 1.58. The molecule has 0 bridgehead atoms. The molecule has 0 spiro atoms. The molecule has 1 atom stereocenters. The van der Waals surface area contributed by atoms with Gasteiger partial charge in [0.05, 0.1) is 5.56 Å². The molecule has 3 heterocycles. The van der Waals surface area contributed by atoms with Crippen LogP contribution in [0.25, 0.3) is 16.8 Å². The van der Waals surface area contributed by atoms with Gasteiger partial charge in [0.15, 0.2) is 5.65 Å². The molecule has 1 saturated carbocycles. The molecule has 30 heavy (non-hydrogen) atoms. The van der Waals surface area contributed by atoms with Gasteiger partial charge < -0.3 is 15.7 Å². The summed E-state index contributed by atoms with van der Waals surface area (Å²) < 4.78 is 40.9. The van der Waals surface area contributed by atoms with E-state index >= 15 is 0 Å². The van der Waals surface area contributed by atoms with Gasteiger partial charge in [-0.1, -0.05) is 0 Å². The number of anilines is 1. The summed E-state index contributed by atoms with van der Waals surface area (Å²) in [6.45, 7) is 1.84. The van der Waals surface area contributed by atoms with Gasteiger partial charge in [0, 0.05) is 29.9 Å². The van der Waals surface area contributed by atoms with Crippen molar-refractivity contribution >= 4 is 11.6 Å². The third-order valence-corrected chi connectivity index (χ3v) is 5.82. The Bertz CT molecular complexity index is 1080. The van der Waals surface area contributed by atoms with Crippen molar-refractivity contribution < 1.29 is 18.3 Å². The molecule has 0 radical (unpaired) electrons. The summed E-state index contributed by atoms with van der Waals surface area (Å²) in [6, 6.07) is 5.20. The standard InChI is InChI=1S/C21H22F3N5O/c22-21(23,24)14-5-6-16(18(30)9-14)17-8-13(12-3-4-12)11-29-19(17)27-28-20(29)26-15-2-1-7-25-10-15/h5-6,8-9,11-12,15,25,30H,1-4,7,10H2,(H,26,28)/t15-/m1/s1. The van der Waals surface area contributed by atoms with E-state index in [4.69, 9.17) is 0 Å². The number of aromatic nitrogens is 3. The van der Waals surface area contributed by atoms with Gasteiger partial charge in [-0.15, -0.1) is 10.2 Å². The largest absolute Gasteiger partial charge is 0.507 e. The number of halogens is 3. The molecule has 9 heteroatoms. The molecule has 1 aliphatic heterocycles. The van der Waals surface area contributed by atoms with Gasteiger partial charge in [-0.2, -0.15) is 13.2 Å². The highest BCUT2D eigenvalue weighted by atomic mass is 19.4. The van der Waals surface area contributed by atoms with Crippen LogP contribution >= 0.6 is 0 Å². The average molecular weight is 417 g/mol.